The van der Waals surface area contributed by atoms with E-state index in [9.17, 15) is 0 Å². The first kappa shape index (κ1) is 20.8. The zero-order valence-electron chi connectivity index (χ0n) is 15.4. The van der Waals surface area contributed by atoms with E-state index in [1.54, 1.807) is 4.46 Å². The fourth-order valence-electron chi connectivity index (χ4n) is 3.00. The molecule has 0 heterocycles. The SMILES string of the molecule is CCCCCCCCCCCCCCCC[Se]c1ccccc1. The van der Waals surface area contributed by atoms with Crippen LogP contribution in [0.15, 0.2) is 30.3 Å². The van der Waals surface area contributed by atoms with E-state index in [0.29, 0.717) is 15.0 Å². The molecule has 0 bridgehead atoms. The van der Waals surface area contributed by atoms with Crippen LogP contribution in [0.5, 0.6) is 0 Å². The quantitative estimate of drug-likeness (QED) is 0.215. The molecular formula is C22H38Se. The topological polar surface area (TPSA) is 0 Å². The molecule has 0 N–H and O–H groups in total. The third-order valence-electron chi connectivity index (χ3n) is 4.51. The molecule has 0 fully saturated rings. The molecule has 0 amide bonds. The number of hydrogen-bond donors (Lipinski definition) is 0. The fourth-order valence-corrected chi connectivity index (χ4v) is 4.96. The van der Waals surface area contributed by atoms with E-state index in [-0.39, 0.29) is 0 Å². The van der Waals surface area contributed by atoms with Crippen molar-refractivity contribution in [1.29, 1.82) is 0 Å². The van der Waals surface area contributed by atoms with Crippen LogP contribution in [0.25, 0.3) is 0 Å². The van der Waals surface area contributed by atoms with Crippen molar-refractivity contribution in [1.82, 2.24) is 0 Å². The van der Waals surface area contributed by atoms with Crippen molar-refractivity contribution in [3.63, 3.8) is 0 Å². The fraction of sp³-hybridized carbons (Fsp3) is 0.727. The van der Waals surface area contributed by atoms with Crippen LogP contribution >= 0.6 is 0 Å². The van der Waals surface area contributed by atoms with E-state index in [2.05, 4.69) is 37.3 Å². The second-order valence-electron chi connectivity index (χ2n) is 6.76. The van der Waals surface area contributed by atoms with Crippen molar-refractivity contribution in [3.05, 3.63) is 30.3 Å². The van der Waals surface area contributed by atoms with Gasteiger partial charge in [-0.1, -0.05) is 26.2 Å². The summed E-state index contributed by atoms with van der Waals surface area (Å²) in [5, 5.41) is 1.43. The van der Waals surface area contributed by atoms with Crippen LogP contribution in [-0.4, -0.2) is 15.0 Å². The van der Waals surface area contributed by atoms with E-state index >= 15 is 0 Å². The summed E-state index contributed by atoms with van der Waals surface area (Å²) in [6, 6.07) is 11.0. The van der Waals surface area contributed by atoms with Crippen molar-refractivity contribution in [2.45, 2.75) is 102 Å². The van der Waals surface area contributed by atoms with Gasteiger partial charge in [-0.25, -0.2) is 0 Å². The van der Waals surface area contributed by atoms with Crippen LogP contribution in [-0.2, 0) is 0 Å². The molecule has 1 rings (SSSR count). The summed E-state index contributed by atoms with van der Waals surface area (Å²) in [4.78, 5) is 0. The summed E-state index contributed by atoms with van der Waals surface area (Å²) in [6.07, 6.45) is 20.4. The van der Waals surface area contributed by atoms with E-state index < -0.39 is 0 Å². The molecule has 23 heavy (non-hydrogen) atoms. The zero-order valence-corrected chi connectivity index (χ0v) is 17.1. The van der Waals surface area contributed by atoms with Crippen molar-refractivity contribution in [2.24, 2.45) is 0 Å². The molecule has 0 aliphatic carbocycles. The van der Waals surface area contributed by atoms with Crippen LogP contribution < -0.4 is 4.46 Å². The molecule has 0 nitrogen and oxygen atoms in total. The third kappa shape index (κ3) is 13.8. The molecule has 0 saturated carbocycles. The minimum absolute atomic E-state index is 0.707. The van der Waals surface area contributed by atoms with E-state index in [1.165, 1.54) is 95.2 Å². The predicted molar refractivity (Wildman–Crippen MR) is 107 cm³/mol. The molecule has 0 aromatic heterocycles. The second-order valence-corrected chi connectivity index (χ2v) is 9.21. The number of hydrogen-bond acceptors (Lipinski definition) is 0. The maximum atomic E-state index is 2.30. The molecule has 0 unspecified atom stereocenters. The van der Waals surface area contributed by atoms with Gasteiger partial charge in [-0.15, -0.1) is 0 Å². The average molecular weight is 382 g/mol. The van der Waals surface area contributed by atoms with E-state index in [1.807, 2.05) is 0 Å². The first-order chi connectivity index (χ1) is 11.4. The van der Waals surface area contributed by atoms with Gasteiger partial charge in [0.25, 0.3) is 0 Å². The van der Waals surface area contributed by atoms with Gasteiger partial charge in [0, 0.05) is 0 Å². The van der Waals surface area contributed by atoms with Gasteiger partial charge in [-0.3, -0.25) is 0 Å². The Hall–Kier alpha value is -0.261. The molecule has 0 atom stereocenters. The van der Waals surface area contributed by atoms with Gasteiger partial charge in [0.15, 0.2) is 0 Å². The van der Waals surface area contributed by atoms with Crippen molar-refractivity contribution in [2.75, 3.05) is 0 Å². The zero-order chi connectivity index (χ0) is 16.4. The summed E-state index contributed by atoms with van der Waals surface area (Å²) < 4.78 is 1.56. The molecule has 1 aromatic carbocycles. The Kier molecular flexibility index (Phi) is 15.0. The first-order valence-electron chi connectivity index (χ1n) is 10.1. The predicted octanol–water partition coefficient (Wildman–Crippen LogP) is 6.92. The standard InChI is InChI=1S/C22H38Se/c1-2-3-4-5-6-7-8-9-10-11-12-13-14-18-21-23-22-19-16-15-17-20-22/h15-17,19-20H,2-14,18,21H2,1H3. The van der Waals surface area contributed by atoms with Gasteiger partial charge in [-0.2, -0.15) is 0 Å². The normalized spacial score (nSPS) is 11.0. The van der Waals surface area contributed by atoms with E-state index in [0.717, 1.165) is 0 Å². The number of benzene rings is 1. The molecule has 0 saturated heterocycles. The van der Waals surface area contributed by atoms with Gasteiger partial charge >= 0.3 is 126 Å². The summed E-state index contributed by atoms with van der Waals surface area (Å²) in [6.45, 7) is 2.30. The summed E-state index contributed by atoms with van der Waals surface area (Å²) in [7, 11) is 0. The molecule has 0 spiro atoms. The Morgan fingerprint density at radius 2 is 1.00 bits per heavy atom. The summed E-state index contributed by atoms with van der Waals surface area (Å²) in [5.41, 5.74) is 0. The minimum atomic E-state index is 0.707. The van der Waals surface area contributed by atoms with Gasteiger partial charge in [0.05, 0.1) is 0 Å². The van der Waals surface area contributed by atoms with E-state index in [4.69, 9.17) is 0 Å². The average Bonchev–Trinajstić information content (AvgIpc) is 2.59. The molecular weight excluding hydrogens is 343 g/mol. The Bertz CT molecular complexity index is 333. The van der Waals surface area contributed by atoms with Gasteiger partial charge < -0.3 is 0 Å². The number of rotatable bonds is 16. The van der Waals surface area contributed by atoms with Crippen LogP contribution in [0.1, 0.15) is 96.8 Å². The molecule has 0 aliphatic rings. The second kappa shape index (κ2) is 16.6. The van der Waals surface area contributed by atoms with Crippen LogP contribution in [0.2, 0.25) is 5.32 Å². The van der Waals surface area contributed by atoms with Crippen LogP contribution in [0, 0.1) is 0 Å². The third-order valence-corrected chi connectivity index (χ3v) is 6.81. The van der Waals surface area contributed by atoms with Crippen LogP contribution in [0.4, 0.5) is 0 Å². The molecule has 1 heteroatoms. The maximum absolute atomic E-state index is 2.30. The van der Waals surface area contributed by atoms with Gasteiger partial charge in [-0.05, 0) is 0 Å². The Morgan fingerprint density at radius 3 is 1.48 bits per heavy atom. The summed E-state index contributed by atoms with van der Waals surface area (Å²) in [5.74, 6) is 0. The molecule has 0 radical (unpaired) electrons. The van der Waals surface area contributed by atoms with Gasteiger partial charge in [0.1, 0.15) is 0 Å². The Labute approximate surface area is 152 Å². The molecule has 1 aromatic rings. The van der Waals surface area contributed by atoms with Crippen molar-refractivity contribution < 1.29 is 0 Å². The monoisotopic (exact) mass is 382 g/mol. The van der Waals surface area contributed by atoms with Crippen molar-refractivity contribution in [3.8, 4) is 0 Å². The van der Waals surface area contributed by atoms with Crippen molar-refractivity contribution >= 4 is 19.4 Å². The Morgan fingerprint density at radius 1 is 0.565 bits per heavy atom. The summed E-state index contributed by atoms with van der Waals surface area (Å²) >= 11 is 0.707. The van der Waals surface area contributed by atoms with Crippen LogP contribution in [0.3, 0.4) is 0 Å². The molecule has 132 valence electrons. The Balaban J connectivity index is 1.72. The number of unbranched alkanes of at least 4 members (excludes halogenated alkanes) is 13. The molecule has 0 aliphatic heterocycles. The first-order valence-corrected chi connectivity index (χ1v) is 12.2. The van der Waals surface area contributed by atoms with Gasteiger partial charge in [0.2, 0.25) is 0 Å².